The van der Waals surface area contributed by atoms with Crippen LogP contribution in [0.4, 0.5) is 0 Å². The Morgan fingerprint density at radius 3 is 2.67 bits per heavy atom. The lowest BCUT2D eigenvalue weighted by atomic mass is 10.1. The maximum atomic E-state index is 9.05. The molecule has 0 spiro atoms. The average Bonchev–Trinajstić information content (AvgIpc) is 2.86. The molecule has 0 radical (unpaired) electrons. The summed E-state index contributed by atoms with van der Waals surface area (Å²) >= 11 is 1.48. The van der Waals surface area contributed by atoms with Crippen molar-refractivity contribution >= 4 is 11.3 Å². The van der Waals surface area contributed by atoms with Crippen LogP contribution in [0.15, 0.2) is 12.1 Å². The van der Waals surface area contributed by atoms with E-state index in [1.807, 2.05) is 6.92 Å². The molecule has 0 N–H and O–H groups in total. The van der Waals surface area contributed by atoms with Crippen molar-refractivity contribution in [1.29, 1.82) is 5.26 Å². The number of nitrogens with zero attached hydrogens (tertiary/aromatic N) is 2. The van der Waals surface area contributed by atoms with Crippen molar-refractivity contribution in [1.82, 2.24) is 4.98 Å². The Bertz CT molecular complexity index is 683. The fraction of sp³-hybridized carbons (Fsp3) is 0.412. The van der Waals surface area contributed by atoms with Crippen molar-refractivity contribution in [3.63, 3.8) is 0 Å². The predicted molar refractivity (Wildman–Crippen MR) is 86.1 cm³/mol. The molecule has 0 saturated heterocycles. The molecule has 0 unspecified atom stereocenters. The Morgan fingerprint density at radius 1 is 1.29 bits per heavy atom. The topological polar surface area (TPSA) is 45.9 Å². The van der Waals surface area contributed by atoms with Gasteiger partial charge in [-0.1, -0.05) is 13.0 Å². The standard InChI is InChI=1S/C17H20N2OS/c1-5-14-16(10-18)21-17(19-14)6-7-20-15-9-11(2)8-12(3)13(15)4/h8-9H,5-7H2,1-4H3. The quantitative estimate of drug-likeness (QED) is 0.834. The molecule has 0 aliphatic carbocycles. The van der Waals surface area contributed by atoms with Crippen LogP contribution < -0.4 is 4.74 Å². The van der Waals surface area contributed by atoms with Crippen LogP contribution in [0.5, 0.6) is 5.75 Å². The van der Waals surface area contributed by atoms with Crippen LogP contribution in [0.3, 0.4) is 0 Å². The average molecular weight is 300 g/mol. The predicted octanol–water partition coefficient (Wildman–Crippen LogP) is 4.12. The van der Waals surface area contributed by atoms with E-state index in [0.29, 0.717) is 6.61 Å². The van der Waals surface area contributed by atoms with Gasteiger partial charge in [-0.05, 0) is 49.9 Å². The molecular formula is C17H20N2OS. The van der Waals surface area contributed by atoms with Gasteiger partial charge in [0.2, 0.25) is 0 Å². The minimum Gasteiger partial charge on any atom is -0.493 e. The molecule has 2 aromatic rings. The Labute approximate surface area is 130 Å². The van der Waals surface area contributed by atoms with Gasteiger partial charge in [0.15, 0.2) is 0 Å². The molecule has 21 heavy (non-hydrogen) atoms. The first-order valence-electron chi connectivity index (χ1n) is 7.14. The number of ether oxygens (including phenoxy) is 1. The summed E-state index contributed by atoms with van der Waals surface area (Å²) in [6.45, 7) is 8.87. The van der Waals surface area contributed by atoms with Crippen LogP contribution in [0.1, 0.15) is 39.2 Å². The van der Waals surface area contributed by atoms with Crippen LogP contribution >= 0.6 is 11.3 Å². The fourth-order valence-corrected chi connectivity index (χ4v) is 3.16. The number of thiazole rings is 1. The number of benzene rings is 1. The molecule has 2 rings (SSSR count). The van der Waals surface area contributed by atoms with Gasteiger partial charge >= 0.3 is 0 Å². The van der Waals surface area contributed by atoms with Crippen LogP contribution in [0.25, 0.3) is 0 Å². The third kappa shape index (κ3) is 3.62. The van der Waals surface area contributed by atoms with Crippen molar-refractivity contribution < 1.29 is 4.74 Å². The fourth-order valence-electron chi connectivity index (χ4n) is 2.23. The molecule has 0 amide bonds. The normalized spacial score (nSPS) is 10.4. The monoisotopic (exact) mass is 300 g/mol. The summed E-state index contributed by atoms with van der Waals surface area (Å²) in [5.74, 6) is 0.945. The Kier molecular flexibility index (Phi) is 4.98. The molecule has 0 saturated carbocycles. The molecule has 0 fully saturated rings. The molecule has 0 aliphatic rings. The largest absolute Gasteiger partial charge is 0.493 e. The maximum absolute atomic E-state index is 9.05. The van der Waals surface area contributed by atoms with E-state index in [1.54, 1.807) is 0 Å². The third-order valence-electron chi connectivity index (χ3n) is 3.52. The van der Waals surface area contributed by atoms with Gasteiger partial charge in [-0.15, -0.1) is 11.3 Å². The van der Waals surface area contributed by atoms with E-state index in [1.165, 1.54) is 28.0 Å². The summed E-state index contributed by atoms with van der Waals surface area (Å²) in [7, 11) is 0. The maximum Gasteiger partial charge on any atom is 0.128 e. The number of nitriles is 1. The van der Waals surface area contributed by atoms with Gasteiger partial charge in [0, 0.05) is 6.42 Å². The van der Waals surface area contributed by atoms with Crippen molar-refractivity contribution in [3.05, 3.63) is 44.4 Å². The Hall–Kier alpha value is -1.86. The van der Waals surface area contributed by atoms with E-state index in [4.69, 9.17) is 10.00 Å². The highest BCUT2D eigenvalue weighted by molar-refractivity contribution is 7.12. The lowest BCUT2D eigenvalue weighted by molar-refractivity contribution is 0.319. The minimum atomic E-state index is 0.589. The van der Waals surface area contributed by atoms with E-state index in [0.717, 1.165) is 34.2 Å². The van der Waals surface area contributed by atoms with Crippen molar-refractivity contribution in [2.45, 2.75) is 40.5 Å². The smallest absolute Gasteiger partial charge is 0.128 e. The number of aromatic nitrogens is 1. The first kappa shape index (κ1) is 15.5. The minimum absolute atomic E-state index is 0.589. The first-order chi connectivity index (χ1) is 10.0. The van der Waals surface area contributed by atoms with Crippen LogP contribution in [-0.2, 0) is 12.8 Å². The SMILES string of the molecule is CCc1nc(CCOc2cc(C)cc(C)c2C)sc1C#N. The number of hydrogen-bond donors (Lipinski definition) is 0. The number of hydrogen-bond acceptors (Lipinski definition) is 4. The summed E-state index contributed by atoms with van der Waals surface area (Å²) < 4.78 is 5.90. The summed E-state index contributed by atoms with van der Waals surface area (Å²) in [5, 5.41) is 10.0. The Morgan fingerprint density at radius 2 is 2.05 bits per heavy atom. The van der Waals surface area contributed by atoms with Crippen LogP contribution in [-0.4, -0.2) is 11.6 Å². The van der Waals surface area contributed by atoms with Gasteiger partial charge in [0.1, 0.15) is 16.7 Å². The lowest BCUT2D eigenvalue weighted by Gasteiger charge is -2.11. The molecule has 0 aliphatic heterocycles. The van der Waals surface area contributed by atoms with E-state index in [-0.39, 0.29) is 0 Å². The molecular weight excluding hydrogens is 280 g/mol. The zero-order chi connectivity index (χ0) is 15.4. The van der Waals surface area contributed by atoms with Crippen molar-refractivity contribution in [2.24, 2.45) is 0 Å². The molecule has 0 atom stereocenters. The third-order valence-corrected chi connectivity index (χ3v) is 4.58. The van der Waals surface area contributed by atoms with Gasteiger partial charge in [-0.2, -0.15) is 5.26 Å². The van der Waals surface area contributed by atoms with Gasteiger partial charge in [0.25, 0.3) is 0 Å². The van der Waals surface area contributed by atoms with Crippen LogP contribution in [0.2, 0.25) is 0 Å². The highest BCUT2D eigenvalue weighted by atomic mass is 32.1. The van der Waals surface area contributed by atoms with Gasteiger partial charge in [-0.25, -0.2) is 4.98 Å². The second-order valence-corrected chi connectivity index (χ2v) is 6.24. The van der Waals surface area contributed by atoms with Crippen LogP contribution in [0, 0.1) is 32.1 Å². The summed E-state index contributed by atoms with van der Waals surface area (Å²) in [5.41, 5.74) is 4.55. The first-order valence-corrected chi connectivity index (χ1v) is 7.96. The summed E-state index contributed by atoms with van der Waals surface area (Å²) in [6.07, 6.45) is 1.54. The zero-order valence-corrected chi connectivity index (χ0v) is 13.8. The van der Waals surface area contributed by atoms with E-state index in [2.05, 4.69) is 44.0 Å². The molecule has 110 valence electrons. The second-order valence-electron chi connectivity index (χ2n) is 5.15. The van der Waals surface area contributed by atoms with Gasteiger partial charge in [-0.3, -0.25) is 0 Å². The van der Waals surface area contributed by atoms with Crippen molar-refractivity contribution in [3.8, 4) is 11.8 Å². The molecule has 4 heteroatoms. The highest BCUT2D eigenvalue weighted by Crippen LogP contribution is 2.24. The molecule has 3 nitrogen and oxygen atoms in total. The number of rotatable bonds is 5. The van der Waals surface area contributed by atoms with Gasteiger partial charge in [0.05, 0.1) is 17.3 Å². The van der Waals surface area contributed by atoms with E-state index < -0.39 is 0 Å². The van der Waals surface area contributed by atoms with Gasteiger partial charge < -0.3 is 4.74 Å². The summed E-state index contributed by atoms with van der Waals surface area (Å²) in [6, 6.07) is 6.45. The second kappa shape index (κ2) is 6.73. The highest BCUT2D eigenvalue weighted by Gasteiger charge is 2.10. The zero-order valence-electron chi connectivity index (χ0n) is 13.0. The number of aryl methyl sites for hydroxylation is 3. The summed E-state index contributed by atoms with van der Waals surface area (Å²) in [4.78, 5) is 5.24. The molecule has 1 aromatic carbocycles. The molecule has 1 heterocycles. The molecule has 1 aromatic heterocycles. The van der Waals surface area contributed by atoms with E-state index in [9.17, 15) is 0 Å². The lowest BCUT2D eigenvalue weighted by Crippen LogP contribution is -2.03. The Balaban J connectivity index is 2.02. The molecule has 0 bridgehead atoms. The van der Waals surface area contributed by atoms with Crippen molar-refractivity contribution in [2.75, 3.05) is 6.61 Å². The van der Waals surface area contributed by atoms with E-state index >= 15 is 0 Å².